The molecule has 1 aromatic carbocycles. The number of thioether (sulfide) groups is 1. The van der Waals surface area contributed by atoms with Gasteiger partial charge in [0, 0.05) is 18.0 Å². The van der Waals surface area contributed by atoms with Gasteiger partial charge >= 0.3 is 0 Å². The molecule has 5 heteroatoms. The minimum absolute atomic E-state index is 0. The zero-order valence-electron chi connectivity index (χ0n) is 12.2. The molecule has 0 saturated carbocycles. The van der Waals surface area contributed by atoms with Gasteiger partial charge in [0.25, 0.3) is 0 Å². The van der Waals surface area contributed by atoms with E-state index in [4.69, 9.17) is 5.73 Å². The molecule has 1 aliphatic heterocycles. The fourth-order valence-electron chi connectivity index (χ4n) is 2.24. The topological polar surface area (TPSA) is 41.6 Å². The summed E-state index contributed by atoms with van der Waals surface area (Å²) in [5.74, 6) is 1.52. The van der Waals surface area contributed by atoms with Crippen LogP contribution in [0.5, 0.6) is 0 Å². The Morgan fingerprint density at radius 2 is 1.90 bits per heavy atom. The number of nitrogens with zero attached hydrogens (tertiary/aromatic N) is 2. The highest BCUT2D eigenvalue weighted by Gasteiger charge is 2.16. The summed E-state index contributed by atoms with van der Waals surface area (Å²) in [6.07, 6.45) is 4.53. The maximum atomic E-state index is 6.07. The number of piperidine rings is 1. The van der Waals surface area contributed by atoms with Gasteiger partial charge in [-0.3, -0.25) is 0 Å². The smallest absolute Gasteiger partial charge is 0.191 e. The highest BCUT2D eigenvalue weighted by atomic mass is 127. The maximum Gasteiger partial charge on any atom is 0.191 e. The van der Waals surface area contributed by atoms with Crippen molar-refractivity contribution in [3.05, 3.63) is 29.8 Å². The van der Waals surface area contributed by atoms with Crippen LogP contribution in [0.4, 0.5) is 0 Å². The molecule has 0 aliphatic carbocycles. The fraction of sp³-hybridized carbons (Fsp3) is 0.533. The summed E-state index contributed by atoms with van der Waals surface area (Å²) in [5, 5.41) is 0. The van der Waals surface area contributed by atoms with E-state index in [1.54, 1.807) is 11.8 Å². The van der Waals surface area contributed by atoms with Gasteiger partial charge in [0.2, 0.25) is 0 Å². The second-order valence-electron chi connectivity index (χ2n) is 5.19. The zero-order chi connectivity index (χ0) is 13.7. The highest BCUT2D eigenvalue weighted by Crippen LogP contribution is 2.17. The van der Waals surface area contributed by atoms with Crippen molar-refractivity contribution in [3.63, 3.8) is 0 Å². The van der Waals surface area contributed by atoms with Crippen molar-refractivity contribution in [2.75, 3.05) is 19.3 Å². The van der Waals surface area contributed by atoms with Crippen molar-refractivity contribution in [2.24, 2.45) is 16.6 Å². The van der Waals surface area contributed by atoms with E-state index in [2.05, 4.69) is 47.3 Å². The lowest BCUT2D eigenvalue weighted by atomic mass is 10.00. The van der Waals surface area contributed by atoms with Crippen LogP contribution in [0.3, 0.4) is 0 Å². The number of aliphatic imine (C=N–C) groups is 1. The number of hydrogen-bond donors (Lipinski definition) is 1. The Bertz CT molecular complexity index is 425. The molecular formula is C15H24IN3S. The summed E-state index contributed by atoms with van der Waals surface area (Å²) in [6.45, 7) is 5.06. The first-order chi connectivity index (χ1) is 9.19. The Morgan fingerprint density at radius 1 is 1.30 bits per heavy atom. The molecule has 1 aliphatic rings. The molecule has 1 heterocycles. The molecule has 2 N–H and O–H groups in total. The third kappa shape index (κ3) is 5.16. The summed E-state index contributed by atoms with van der Waals surface area (Å²) in [7, 11) is 0. The van der Waals surface area contributed by atoms with Crippen molar-refractivity contribution in [3.8, 4) is 0 Å². The van der Waals surface area contributed by atoms with Crippen molar-refractivity contribution in [1.82, 2.24) is 4.90 Å². The Labute approximate surface area is 143 Å². The lowest BCUT2D eigenvalue weighted by molar-refractivity contribution is 0.277. The van der Waals surface area contributed by atoms with E-state index in [0.29, 0.717) is 12.5 Å². The van der Waals surface area contributed by atoms with Gasteiger partial charge in [0.1, 0.15) is 0 Å². The molecule has 1 saturated heterocycles. The first-order valence-electron chi connectivity index (χ1n) is 6.87. The molecule has 1 fully saturated rings. The van der Waals surface area contributed by atoms with E-state index < -0.39 is 0 Å². The fourth-order valence-corrected chi connectivity index (χ4v) is 2.65. The van der Waals surface area contributed by atoms with E-state index in [0.717, 1.165) is 19.0 Å². The molecule has 3 nitrogen and oxygen atoms in total. The first kappa shape index (κ1) is 17.6. The summed E-state index contributed by atoms with van der Waals surface area (Å²) >= 11 is 1.76. The Morgan fingerprint density at radius 3 is 2.45 bits per heavy atom. The molecule has 20 heavy (non-hydrogen) atoms. The molecule has 0 radical (unpaired) electrons. The molecule has 2 rings (SSSR count). The highest BCUT2D eigenvalue weighted by molar-refractivity contribution is 14.0. The number of hydrogen-bond acceptors (Lipinski definition) is 2. The van der Waals surface area contributed by atoms with Crippen LogP contribution in [-0.2, 0) is 6.54 Å². The second kappa shape index (κ2) is 8.77. The van der Waals surface area contributed by atoms with Gasteiger partial charge in [-0.1, -0.05) is 19.1 Å². The zero-order valence-corrected chi connectivity index (χ0v) is 15.4. The third-order valence-corrected chi connectivity index (χ3v) is 4.43. The number of nitrogens with two attached hydrogens (primary N) is 1. The van der Waals surface area contributed by atoms with Crippen LogP contribution in [-0.4, -0.2) is 30.2 Å². The molecule has 0 aromatic heterocycles. The van der Waals surface area contributed by atoms with Gasteiger partial charge in [-0.25, -0.2) is 4.99 Å². The van der Waals surface area contributed by atoms with Crippen molar-refractivity contribution in [2.45, 2.75) is 31.2 Å². The van der Waals surface area contributed by atoms with E-state index >= 15 is 0 Å². The van der Waals surface area contributed by atoms with Gasteiger partial charge in [0.05, 0.1) is 6.54 Å². The van der Waals surface area contributed by atoms with Crippen LogP contribution in [0.15, 0.2) is 34.2 Å². The number of likely N-dealkylation sites (tertiary alicyclic amines) is 1. The average Bonchev–Trinajstić information content (AvgIpc) is 2.46. The summed E-state index contributed by atoms with van der Waals surface area (Å²) < 4.78 is 0. The quantitative estimate of drug-likeness (QED) is 0.362. The number of halogens is 1. The molecule has 0 amide bonds. The Kier molecular flexibility index (Phi) is 7.72. The van der Waals surface area contributed by atoms with Gasteiger partial charge in [-0.2, -0.15) is 0 Å². The SMILES string of the molecule is CSc1ccc(CN=C(N)N2CCC(C)CC2)cc1.I. The summed E-state index contributed by atoms with van der Waals surface area (Å²) in [5.41, 5.74) is 7.28. The normalized spacial score (nSPS) is 16.9. The molecular weight excluding hydrogens is 381 g/mol. The van der Waals surface area contributed by atoms with E-state index in [1.807, 2.05) is 0 Å². The van der Waals surface area contributed by atoms with Gasteiger partial charge in [0.15, 0.2) is 5.96 Å². The molecule has 0 atom stereocenters. The summed E-state index contributed by atoms with van der Waals surface area (Å²) in [4.78, 5) is 8.00. The molecule has 1 aromatic rings. The first-order valence-corrected chi connectivity index (χ1v) is 8.09. The van der Waals surface area contributed by atoms with Crippen molar-refractivity contribution < 1.29 is 0 Å². The van der Waals surface area contributed by atoms with E-state index in [1.165, 1.54) is 23.3 Å². The number of guanidine groups is 1. The van der Waals surface area contributed by atoms with E-state index in [9.17, 15) is 0 Å². The minimum atomic E-state index is 0. The number of rotatable bonds is 3. The largest absolute Gasteiger partial charge is 0.370 e. The minimum Gasteiger partial charge on any atom is -0.370 e. The predicted octanol–water partition coefficient (Wildman–Crippen LogP) is 3.57. The van der Waals surface area contributed by atoms with Crippen LogP contribution >= 0.6 is 35.7 Å². The lowest BCUT2D eigenvalue weighted by Gasteiger charge is -2.31. The molecule has 112 valence electrons. The predicted molar refractivity (Wildman–Crippen MR) is 98.9 cm³/mol. The van der Waals surface area contributed by atoms with Crippen molar-refractivity contribution in [1.29, 1.82) is 0 Å². The Balaban J connectivity index is 0.00000200. The van der Waals surface area contributed by atoms with Crippen LogP contribution in [0.1, 0.15) is 25.3 Å². The molecule has 0 bridgehead atoms. The van der Waals surface area contributed by atoms with Crippen LogP contribution < -0.4 is 5.73 Å². The van der Waals surface area contributed by atoms with Crippen LogP contribution in [0.2, 0.25) is 0 Å². The monoisotopic (exact) mass is 405 g/mol. The number of benzene rings is 1. The second-order valence-corrected chi connectivity index (χ2v) is 6.07. The van der Waals surface area contributed by atoms with Crippen LogP contribution in [0, 0.1) is 5.92 Å². The summed E-state index contributed by atoms with van der Waals surface area (Å²) in [6, 6.07) is 8.52. The lowest BCUT2D eigenvalue weighted by Crippen LogP contribution is -2.42. The third-order valence-electron chi connectivity index (χ3n) is 3.69. The molecule has 0 unspecified atom stereocenters. The standard InChI is InChI=1S/C15H23N3S.HI/c1-12-7-9-18(10-8-12)15(16)17-11-13-3-5-14(19-2)6-4-13;/h3-6,12H,7-11H2,1-2H3,(H2,16,17);1H. The van der Waals surface area contributed by atoms with Gasteiger partial charge in [-0.05, 0) is 42.7 Å². The van der Waals surface area contributed by atoms with Crippen molar-refractivity contribution >= 4 is 41.7 Å². The maximum absolute atomic E-state index is 6.07. The van der Waals surface area contributed by atoms with Crippen LogP contribution in [0.25, 0.3) is 0 Å². The van der Waals surface area contributed by atoms with E-state index in [-0.39, 0.29) is 24.0 Å². The molecule has 0 spiro atoms. The Hall–Kier alpha value is -0.430. The van der Waals surface area contributed by atoms with Gasteiger partial charge < -0.3 is 10.6 Å². The van der Waals surface area contributed by atoms with Gasteiger partial charge in [-0.15, -0.1) is 35.7 Å². The average molecular weight is 405 g/mol.